The molecule has 0 spiro atoms. The first kappa shape index (κ1) is 14.4. The second kappa shape index (κ2) is 5.67. The first-order valence-electron chi connectivity index (χ1n) is 6.72. The van der Waals surface area contributed by atoms with Crippen LogP contribution in [0.3, 0.4) is 0 Å². The molecule has 1 aliphatic carbocycles. The van der Waals surface area contributed by atoms with Crippen LogP contribution in [0, 0.1) is 17.5 Å². The molecule has 1 heterocycles. The molecule has 1 aromatic carbocycles. The Kier molecular flexibility index (Phi) is 3.70. The molecule has 0 unspecified atom stereocenters. The van der Waals surface area contributed by atoms with E-state index < -0.39 is 17.5 Å². The molecule has 7 heteroatoms. The van der Waals surface area contributed by atoms with Crippen LogP contribution in [0.25, 0.3) is 0 Å². The summed E-state index contributed by atoms with van der Waals surface area (Å²) >= 11 is 0. The van der Waals surface area contributed by atoms with Gasteiger partial charge in [-0.15, -0.1) is 0 Å². The average molecular weight is 307 g/mol. The second-order valence-electron chi connectivity index (χ2n) is 5.03. The average Bonchev–Trinajstić information content (AvgIpc) is 3.32. The number of carbonyl (C=O) groups is 1. The van der Waals surface area contributed by atoms with E-state index in [-0.39, 0.29) is 23.3 Å². The number of amides is 1. The van der Waals surface area contributed by atoms with E-state index in [4.69, 9.17) is 0 Å². The molecule has 0 bridgehead atoms. The van der Waals surface area contributed by atoms with Crippen molar-refractivity contribution in [1.82, 2.24) is 10.3 Å². The molecule has 1 amide bonds. The largest absolute Gasteiger partial charge is 0.352 e. The zero-order chi connectivity index (χ0) is 15.7. The van der Waals surface area contributed by atoms with Crippen LogP contribution in [0.1, 0.15) is 23.3 Å². The normalized spacial score (nSPS) is 13.8. The third-order valence-electron chi connectivity index (χ3n) is 3.22. The van der Waals surface area contributed by atoms with Crippen LogP contribution in [0.2, 0.25) is 0 Å². The third-order valence-corrected chi connectivity index (χ3v) is 3.22. The van der Waals surface area contributed by atoms with Gasteiger partial charge in [-0.1, -0.05) is 0 Å². The number of hydrogen-bond acceptors (Lipinski definition) is 3. The van der Waals surface area contributed by atoms with Crippen molar-refractivity contribution in [3.05, 3.63) is 53.6 Å². The highest BCUT2D eigenvalue weighted by atomic mass is 19.2. The Morgan fingerprint density at radius 3 is 2.50 bits per heavy atom. The van der Waals surface area contributed by atoms with E-state index >= 15 is 0 Å². The summed E-state index contributed by atoms with van der Waals surface area (Å²) < 4.78 is 39.5. The highest BCUT2D eigenvalue weighted by molar-refractivity contribution is 5.92. The van der Waals surface area contributed by atoms with Gasteiger partial charge in [0.2, 0.25) is 0 Å². The molecule has 2 aromatic rings. The number of anilines is 2. The quantitative estimate of drug-likeness (QED) is 0.853. The van der Waals surface area contributed by atoms with Gasteiger partial charge in [0.1, 0.15) is 5.69 Å². The number of pyridine rings is 1. The lowest BCUT2D eigenvalue weighted by Crippen LogP contribution is -2.26. The Hall–Kier alpha value is -2.57. The number of rotatable bonds is 4. The molecule has 1 fully saturated rings. The fourth-order valence-electron chi connectivity index (χ4n) is 1.87. The molecule has 22 heavy (non-hydrogen) atoms. The number of carbonyl (C=O) groups excluding carboxylic acids is 1. The minimum atomic E-state index is -1.54. The van der Waals surface area contributed by atoms with E-state index in [2.05, 4.69) is 15.6 Å². The Morgan fingerprint density at radius 2 is 1.86 bits per heavy atom. The maximum atomic E-state index is 13.5. The first-order chi connectivity index (χ1) is 10.5. The van der Waals surface area contributed by atoms with Crippen LogP contribution in [0.15, 0.2) is 30.5 Å². The molecule has 3 rings (SSSR count). The van der Waals surface area contributed by atoms with Gasteiger partial charge in [0, 0.05) is 6.04 Å². The molecule has 0 saturated heterocycles. The summed E-state index contributed by atoms with van der Waals surface area (Å²) in [6.07, 6.45) is 3.27. The van der Waals surface area contributed by atoms with Crippen molar-refractivity contribution in [1.29, 1.82) is 0 Å². The topological polar surface area (TPSA) is 54.0 Å². The van der Waals surface area contributed by atoms with E-state index in [1.165, 1.54) is 18.3 Å². The minimum absolute atomic E-state index is 0.212. The Balaban J connectivity index is 1.73. The number of nitrogens with one attached hydrogen (secondary N) is 2. The van der Waals surface area contributed by atoms with E-state index in [1.54, 1.807) is 0 Å². The van der Waals surface area contributed by atoms with Crippen LogP contribution in [0.4, 0.5) is 24.5 Å². The SMILES string of the molecule is O=C(NC1CC1)c1ccc(Nc2ccc(F)c(F)c2F)cn1. The van der Waals surface area contributed by atoms with Crippen LogP contribution >= 0.6 is 0 Å². The Bertz CT molecular complexity index is 715. The molecular formula is C15H12F3N3O. The number of nitrogens with zero attached hydrogens (tertiary/aromatic N) is 1. The van der Waals surface area contributed by atoms with Crippen molar-refractivity contribution < 1.29 is 18.0 Å². The third kappa shape index (κ3) is 3.03. The predicted molar refractivity (Wildman–Crippen MR) is 74.3 cm³/mol. The fourth-order valence-corrected chi connectivity index (χ4v) is 1.87. The van der Waals surface area contributed by atoms with Gasteiger partial charge in [0.05, 0.1) is 17.6 Å². The van der Waals surface area contributed by atoms with Crippen LogP contribution in [0.5, 0.6) is 0 Å². The molecule has 1 aromatic heterocycles. The Labute approximate surface area is 124 Å². The summed E-state index contributed by atoms with van der Waals surface area (Å²) in [7, 11) is 0. The van der Waals surface area contributed by atoms with E-state index in [0.717, 1.165) is 25.0 Å². The van der Waals surface area contributed by atoms with Crippen molar-refractivity contribution in [2.24, 2.45) is 0 Å². The number of halogens is 3. The summed E-state index contributed by atoms with van der Waals surface area (Å²) in [5.74, 6) is -4.38. The first-order valence-corrected chi connectivity index (χ1v) is 6.72. The van der Waals surface area contributed by atoms with Gasteiger partial charge in [-0.3, -0.25) is 4.79 Å². The van der Waals surface area contributed by atoms with Gasteiger partial charge in [0.25, 0.3) is 5.91 Å². The molecule has 2 N–H and O–H groups in total. The number of aromatic nitrogens is 1. The standard InChI is InChI=1S/C15H12F3N3O/c16-10-4-6-11(14(18)13(10)17)20-9-3-5-12(19-7-9)15(22)21-8-1-2-8/h3-8,20H,1-2H2,(H,21,22). The predicted octanol–water partition coefficient (Wildman–Crippen LogP) is 3.13. The van der Waals surface area contributed by atoms with E-state index in [0.29, 0.717) is 5.69 Å². The van der Waals surface area contributed by atoms with Crippen molar-refractivity contribution in [2.75, 3.05) is 5.32 Å². The van der Waals surface area contributed by atoms with Crippen molar-refractivity contribution in [3.63, 3.8) is 0 Å². The molecular weight excluding hydrogens is 295 g/mol. The second-order valence-corrected chi connectivity index (χ2v) is 5.03. The maximum absolute atomic E-state index is 13.5. The van der Waals surface area contributed by atoms with Crippen LogP contribution in [-0.2, 0) is 0 Å². The Morgan fingerprint density at radius 1 is 1.09 bits per heavy atom. The minimum Gasteiger partial charge on any atom is -0.352 e. The monoisotopic (exact) mass is 307 g/mol. The molecule has 1 aliphatic rings. The summed E-state index contributed by atoms with van der Waals surface area (Å²) in [6.45, 7) is 0. The summed E-state index contributed by atoms with van der Waals surface area (Å²) in [5.41, 5.74) is 0.381. The molecule has 1 saturated carbocycles. The van der Waals surface area contributed by atoms with Crippen LogP contribution in [-0.4, -0.2) is 16.9 Å². The highest BCUT2D eigenvalue weighted by Crippen LogP contribution is 2.23. The fraction of sp³-hybridized carbons (Fsp3) is 0.200. The molecule has 114 valence electrons. The van der Waals surface area contributed by atoms with Gasteiger partial charge in [-0.2, -0.15) is 0 Å². The summed E-state index contributed by atoms with van der Waals surface area (Å²) in [5, 5.41) is 5.37. The zero-order valence-electron chi connectivity index (χ0n) is 11.4. The molecule has 0 atom stereocenters. The van der Waals surface area contributed by atoms with Crippen molar-refractivity contribution >= 4 is 17.3 Å². The van der Waals surface area contributed by atoms with Gasteiger partial charge >= 0.3 is 0 Å². The lowest BCUT2D eigenvalue weighted by Gasteiger charge is -2.09. The lowest BCUT2D eigenvalue weighted by atomic mass is 10.2. The number of benzene rings is 1. The highest BCUT2D eigenvalue weighted by Gasteiger charge is 2.24. The van der Waals surface area contributed by atoms with E-state index in [9.17, 15) is 18.0 Å². The van der Waals surface area contributed by atoms with Gasteiger partial charge in [-0.25, -0.2) is 18.2 Å². The molecule has 4 nitrogen and oxygen atoms in total. The van der Waals surface area contributed by atoms with Gasteiger partial charge < -0.3 is 10.6 Å². The zero-order valence-corrected chi connectivity index (χ0v) is 11.4. The lowest BCUT2D eigenvalue weighted by molar-refractivity contribution is 0.0946. The molecule has 0 radical (unpaired) electrons. The van der Waals surface area contributed by atoms with Gasteiger partial charge in [-0.05, 0) is 37.1 Å². The smallest absolute Gasteiger partial charge is 0.270 e. The summed E-state index contributed by atoms with van der Waals surface area (Å²) in [4.78, 5) is 15.7. The van der Waals surface area contributed by atoms with Crippen LogP contribution < -0.4 is 10.6 Å². The summed E-state index contributed by atoms with van der Waals surface area (Å²) in [6, 6.07) is 5.11. The van der Waals surface area contributed by atoms with E-state index in [1.807, 2.05) is 0 Å². The van der Waals surface area contributed by atoms with Crippen molar-refractivity contribution in [3.8, 4) is 0 Å². The maximum Gasteiger partial charge on any atom is 0.270 e. The van der Waals surface area contributed by atoms with Crippen molar-refractivity contribution in [2.45, 2.75) is 18.9 Å². The molecule has 0 aliphatic heterocycles. The van der Waals surface area contributed by atoms with Gasteiger partial charge in [0.15, 0.2) is 17.5 Å². The number of hydrogen-bond donors (Lipinski definition) is 2.